The van der Waals surface area contributed by atoms with Gasteiger partial charge in [-0.15, -0.1) is 11.8 Å². The second-order valence-corrected chi connectivity index (χ2v) is 9.24. The molecule has 6 nitrogen and oxygen atoms in total. The van der Waals surface area contributed by atoms with Crippen LogP contribution in [0.25, 0.3) is 0 Å². The zero-order valence-electron chi connectivity index (χ0n) is 17.5. The summed E-state index contributed by atoms with van der Waals surface area (Å²) in [4.78, 5) is 39.7. The van der Waals surface area contributed by atoms with E-state index in [4.69, 9.17) is 11.6 Å². The number of thioether (sulfide) groups is 1. The maximum atomic E-state index is 14.0. The van der Waals surface area contributed by atoms with Crippen LogP contribution in [0.3, 0.4) is 0 Å². The molecule has 4 heterocycles. The van der Waals surface area contributed by atoms with Gasteiger partial charge in [-0.1, -0.05) is 30.7 Å². The summed E-state index contributed by atoms with van der Waals surface area (Å²) in [5.41, 5.74) is 1.57. The van der Waals surface area contributed by atoms with E-state index >= 15 is 0 Å². The third kappa shape index (κ3) is 3.03. The number of pyridine rings is 2. The first-order valence-corrected chi connectivity index (χ1v) is 11.9. The van der Waals surface area contributed by atoms with E-state index < -0.39 is 5.66 Å². The Kier molecular flexibility index (Phi) is 5.39. The van der Waals surface area contributed by atoms with Gasteiger partial charge in [0.1, 0.15) is 5.03 Å². The summed E-state index contributed by atoms with van der Waals surface area (Å²) in [6.07, 6.45) is 6.00. The molecule has 0 bridgehead atoms. The van der Waals surface area contributed by atoms with Crippen LogP contribution in [0, 0.1) is 0 Å². The van der Waals surface area contributed by atoms with Crippen molar-refractivity contribution >= 4 is 35.2 Å². The summed E-state index contributed by atoms with van der Waals surface area (Å²) < 4.78 is 0. The fourth-order valence-corrected chi connectivity index (χ4v) is 5.59. The van der Waals surface area contributed by atoms with Crippen molar-refractivity contribution in [2.45, 2.75) is 24.0 Å². The van der Waals surface area contributed by atoms with Gasteiger partial charge in [0.2, 0.25) is 0 Å². The van der Waals surface area contributed by atoms with Crippen LogP contribution in [-0.2, 0) is 5.66 Å². The summed E-state index contributed by atoms with van der Waals surface area (Å²) in [7, 11) is 0. The average Bonchev–Trinajstić information content (AvgIpc) is 3.33. The number of benzene rings is 1. The predicted molar refractivity (Wildman–Crippen MR) is 124 cm³/mol. The molecular formula is C24H21ClN4O2S. The zero-order chi connectivity index (χ0) is 22.3. The average molecular weight is 465 g/mol. The standard InChI is InChI=1S/C24H21ClN4O2S/c1-2-14-32-21-19(4-3-10-27-21)23(31)29-13-12-28-22(30)18-9-11-26-15-20(18)24(28,29)16-5-7-17(25)8-6-16/h3-11,15H,2,12-14H2,1H3. The maximum Gasteiger partial charge on any atom is 0.259 e. The first-order valence-electron chi connectivity index (χ1n) is 10.5. The van der Waals surface area contributed by atoms with Crippen molar-refractivity contribution in [3.8, 4) is 0 Å². The summed E-state index contributed by atoms with van der Waals surface area (Å²) in [6, 6.07) is 12.7. The van der Waals surface area contributed by atoms with E-state index in [0.29, 0.717) is 39.8 Å². The molecule has 2 aromatic heterocycles. The van der Waals surface area contributed by atoms with E-state index in [1.165, 1.54) is 0 Å². The molecule has 0 aliphatic carbocycles. The molecule has 162 valence electrons. The van der Waals surface area contributed by atoms with E-state index in [2.05, 4.69) is 16.9 Å². The number of halogens is 1. The summed E-state index contributed by atoms with van der Waals surface area (Å²) in [6.45, 7) is 2.94. The summed E-state index contributed by atoms with van der Waals surface area (Å²) in [5.74, 6) is 0.620. The van der Waals surface area contributed by atoms with E-state index in [-0.39, 0.29) is 11.8 Å². The molecule has 0 spiro atoms. The Labute approximate surface area is 195 Å². The molecule has 3 aromatic rings. The van der Waals surface area contributed by atoms with E-state index in [9.17, 15) is 9.59 Å². The van der Waals surface area contributed by atoms with Crippen molar-refractivity contribution in [2.24, 2.45) is 0 Å². The highest BCUT2D eigenvalue weighted by atomic mass is 35.5. The Morgan fingerprint density at radius 2 is 1.97 bits per heavy atom. The Hall–Kier alpha value is -2.90. The second-order valence-electron chi connectivity index (χ2n) is 7.72. The Morgan fingerprint density at radius 1 is 1.16 bits per heavy atom. The van der Waals surface area contributed by atoms with Gasteiger partial charge in [-0.05, 0) is 42.5 Å². The van der Waals surface area contributed by atoms with Crippen LogP contribution < -0.4 is 0 Å². The number of hydrogen-bond donors (Lipinski definition) is 0. The SMILES string of the molecule is CCCSc1ncccc1C(=O)N1CCN2C(=O)c3ccncc3C21c1ccc(Cl)cc1. The van der Waals surface area contributed by atoms with Crippen LogP contribution in [0.4, 0.5) is 0 Å². The lowest BCUT2D eigenvalue weighted by molar-refractivity contribution is 0.0372. The van der Waals surface area contributed by atoms with Crippen molar-refractivity contribution in [3.63, 3.8) is 0 Å². The lowest BCUT2D eigenvalue weighted by Gasteiger charge is -2.40. The number of rotatable bonds is 5. The molecule has 0 N–H and O–H groups in total. The van der Waals surface area contributed by atoms with Crippen LogP contribution >= 0.6 is 23.4 Å². The van der Waals surface area contributed by atoms with Crippen molar-refractivity contribution < 1.29 is 9.59 Å². The Balaban J connectivity index is 1.69. The highest BCUT2D eigenvalue weighted by Crippen LogP contribution is 2.50. The van der Waals surface area contributed by atoms with Crippen molar-refractivity contribution in [1.82, 2.24) is 19.8 Å². The van der Waals surface area contributed by atoms with E-state index in [0.717, 1.165) is 17.7 Å². The number of fused-ring (bicyclic) bond motifs is 3. The topological polar surface area (TPSA) is 66.4 Å². The van der Waals surface area contributed by atoms with Crippen molar-refractivity contribution in [2.75, 3.05) is 18.8 Å². The van der Waals surface area contributed by atoms with Crippen LogP contribution in [0.15, 0.2) is 66.1 Å². The van der Waals surface area contributed by atoms with Gasteiger partial charge in [0.05, 0.1) is 11.1 Å². The van der Waals surface area contributed by atoms with Crippen molar-refractivity contribution in [3.05, 3.63) is 88.3 Å². The smallest absolute Gasteiger partial charge is 0.259 e. The van der Waals surface area contributed by atoms with Crippen molar-refractivity contribution in [1.29, 1.82) is 0 Å². The quantitative estimate of drug-likeness (QED) is 0.522. The van der Waals surface area contributed by atoms with Gasteiger partial charge in [0.15, 0.2) is 5.66 Å². The molecule has 0 radical (unpaired) electrons. The minimum atomic E-state index is -1.06. The van der Waals surface area contributed by atoms with Crippen LogP contribution in [-0.4, -0.2) is 50.4 Å². The van der Waals surface area contributed by atoms with Crippen LogP contribution in [0.1, 0.15) is 45.2 Å². The molecule has 2 aliphatic heterocycles. The monoisotopic (exact) mass is 464 g/mol. The first kappa shape index (κ1) is 21.0. The fraction of sp³-hybridized carbons (Fsp3) is 0.250. The number of carbonyl (C=O) groups is 2. The minimum absolute atomic E-state index is 0.0978. The van der Waals surface area contributed by atoms with Crippen LogP contribution in [0.2, 0.25) is 5.02 Å². The molecule has 1 fully saturated rings. The van der Waals surface area contributed by atoms with Gasteiger partial charge in [-0.25, -0.2) is 4.98 Å². The Bertz CT molecular complexity index is 1200. The number of nitrogens with zero attached hydrogens (tertiary/aromatic N) is 4. The van der Waals surface area contributed by atoms with Gasteiger partial charge < -0.3 is 9.80 Å². The molecule has 1 unspecified atom stereocenters. The molecule has 2 aliphatic rings. The number of carbonyl (C=O) groups excluding carboxylic acids is 2. The molecule has 0 saturated carbocycles. The van der Waals surface area contributed by atoms with Gasteiger partial charge in [-0.3, -0.25) is 14.6 Å². The summed E-state index contributed by atoms with van der Waals surface area (Å²) >= 11 is 7.74. The maximum absolute atomic E-state index is 14.0. The lowest BCUT2D eigenvalue weighted by Crippen LogP contribution is -2.51. The molecule has 1 saturated heterocycles. The highest BCUT2D eigenvalue weighted by molar-refractivity contribution is 7.99. The van der Waals surface area contributed by atoms with Crippen LogP contribution in [0.5, 0.6) is 0 Å². The molecule has 32 heavy (non-hydrogen) atoms. The van der Waals surface area contributed by atoms with Gasteiger partial charge in [-0.2, -0.15) is 0 Å². The first-order chi connectivity index (χ1) is 15.6. The third-order valence-corrected chi connectivity index (χ3v) is 7.40. The lowest BCUT2D eigenvalue weighted by atomic mass is 9.90. The zero-order valence-corrected chi connectivity index (χ0v) is 19.1. The second kappa shape index (κ2) is 8.22. The highest BCUT2D eigenvalue weighted by Gasteiger charge is 2.60. The molecule has 8 heteroatoms. The normalized spacial score (nSPS) is 19.2. The number of amides is 2. The predicted octanol–water partition coefficient (Wildman–Crippen LogP) is 4.45. The summed E-state index contributed by atoms with van der Waals surface area (Å²) in [5, 5.41) is 1.30. The third-order valence-electron chi connectivity index (χ3n) is 5.94. The number of hydrogen-bond acceptors (Lipinski definition) is 5. The van der Waals surface area contributed by atoms with Gasteiger partial charge in [0.25, 0.3) is 11.8 Å². The molecule has 1 atom stereocenters. The fourth-order valence-electron chi connectivity index (χ4n) is 4.62. The number of aromatic nitrogens is 2. The van der Waals surface area contributed by atoms with E-state index in [1.54, 1.807) is 64.4 Å². The van der Waals surface area contributed by atoms with E-state index in [1.807, 2.05) is 18.2 Å². The molecule has 1 aromatic carbocycles. The Morgan fingerprint density at radius 3 is 2.75 bits per heavy atom. The largest absolute Gasteiger partial charge is 0.306 e. The molecule has 5 rings (SSSR count). The van der Waals surface area contributed by atoms with Gasteiger partial charge >= 0.3 is 0 Å². The minimum Gasteiger partial charge on any atom is -0.306 e. The molecule has 2 amide bonds. The molecular weight excluding hydrogens is 444 g/mol. The van der Waals surface area contributed by atoms with Gasteiger partial charge in [0, 0.05) is 47.8 Å².